The Balaban J connectivity index is 1.78. The fraction of sp³-hybridized carbons (Fsp3) is 0.421. The molecule has 0 saturated carbocycles. The largest absolute Gasteiger partial charge is 0.435 e. The van der Waals surface area contributed by atoms with Gasteiger partial charge in [-0.2, -0.15) is 5.10 Å². The van der Waals surface area contributed by atoms with Crippen molar-refractivity contribution in [1.82, 2.24) is 20.1 Å². The van der Waals surface area contributed by atoms with Crippen LogP contribution < -0.4 is 5.32 Å². The van der Waals surface area contributed by atoms with Crippen LogP contribution in [0.1, 0.15) is 32.0 Å². The topological polar surface area (TPSA) is 114 Å². The molecule has 148 valence electrons. The zero-order chi connectivity index (χ0) is 20.5. The first-order valence-corrected chi connectivity index (χ1v) is 10.6. The maximum Gasteiger partial charge on any atom is 0.245 e. The van der Waals surface area contributed by atoms with Crippen LogP contribution in [0.2, 0.25) is 0 Å². The Labute approximate surface area is 163 Å². The van der Waals surface area contributed by atoms with Crippen LogP contribution >= 0.6 is 0 Å². The number of hydrogen-bond donors (Lipinski definition) is 2. The zero-order valence-electron chi connectivity index (χ0n) is 16.5. The third kappa shape index (κ3) is 2.64. The van der Waals surface area contributed by atoms with E-state index in [4.69, 9.17) is 9.83 Å². The first-order valence-electron chi connectivity index (χ1n) is 8.94. The minimum Gasteiger partial charge on any atom is -0.435 e. The van der Waals surface area contributed by atoms with Crippen LogP contribution in [0.15, 0.2) is 28.7 Å². The highest BCUT2D eigenvalue weighted by atomic mass is 32.2. The van der Waals surface area contributed by atoms with E-state index in [1.165, 1.54) is 0 Å². The quantitative estimate of drug-likeness (QED) is 0.682. The Morgan fingerprint density at radius 2 is 1.96 bits per heavy atom. The third-order valence-corrected chi connectivity index (χ3v) is 8.22. The monoisotopic (exact) mass is 401 g/mol. The van der Waals surface area contributed by atoms with E-state index in [9.17, 15) is 8.42 Å². The van der Waals surface area contributed by atoms with Gasteiger partial charge in [-0.05, 0) is 51.5 Å². The second kappa shape index (κ2) is 5.66. The molecule has 2 N–H and O–H groups in total. The number of rotatable bonds is 2. The first kappa shape index (κ1) is 18.7. The molecule has 0 radical (unpaired) electrons. The van der Waals surface area contributed by atoms with Gasteiger partial charge < -0.3 is 9.73 Å². The summed E-state index contributed by atoms with van der Waals surface area (Å²) in [6.07, 6.45) is 0. The SMILES string of the molecule is Cc1cc(-c2nc3ccc(C4(C)CS(=O)(=O)C(C)(C)C(=N)N4)cc3o2)n(C)n1. The highest BCUT2D eigenvalue weighted by Crippen LogP contribution is 2.35. The molecule has 28 heavy (non-hydrogen) atoms. The lowest BCUT2D eigenvalue weighted by Crippen LogP contribution is -2.63. The minimum atomic E-state index is -3.50. The Morgan fingerprint density at radius 1 is 1.25 bits per heavy atom. The van der Waals surface area contributed by atoms with Crippen LogP contribution in [0.25, 0.3) is 22.7 Å². The van der Waals surface area contributed by atoms with Crippen LogP contribution in [0, 0.1) is 12.3 Å². The van der Waals surface area contributed by atoms with E-state index in [0.717, 1.165) is 17.0 Å². The Kier molecular flexibility index (Phi) is 3.78. The summed E-state index contributed by atoms with van der Waals surface area (Å²) in [5.41, 5.74) is 2.68. The molecule has 0 aliphatic carbocycles. The first-order chi connectivity index (χ1) is 12.9. The molecule has 1 fully saturated rings. The molecule has 1 aromatic carbocycles. The molecule has 0 amide bonds. The van der Waals surface area contributed by atoms with Crippen LogP contribution in [0.5, 0.6) is 0 Å². The van der Waals surface area contributed by atoms with E-state index in [1.54, 1.807) is 31.5 Å². The Bertz CT molecular complexity index is 1220. The predicted molar refractivity (Wildman–Crippen MR) is 107 cm³/mol. The number of amidine groups is 1. The molecular weight excluding hydrogens is 378 g/mol. The number of sulfone groups is 1. The van der Waals surface area contributed by atoms with Crippen LogP contribution in [-0.4, -0.2) is 39.5 Å². The van der Waals surface area contributed by atoms with E-state index in [0.29, 0.717) is 17.0 Å². The number of benzene rings is 1. The smallest absolute Gasteiger partial charge is 0.245 e. The average Bonchev–Trinajstić information content (AvgIpc) is 3.14. The van der Waals surface area contributed by atoms with E-state index < -0.39 is 20.1 Å². The molecule has 1 aliphatic rings. The second-order valence-corrected chi connectivity index (χ2v) is 10.6. The van der Waals surface area contributed by atoms with Gasteiger partial charge in [-0.15, -0.1) is 0 Å². The summed E-state index contributed by atoms with van der Waals surface area (Å²) in [6, 6.07) is 7.33. The third-order valence-electron chi connectivity index (χ3n) is 5.51. The zero-order valence-corrected chi connectivity index (χ0v) is 17.3. The highest BCUT2D eigenvalue weighted by Gasteiger charge is 2.50. The second-order valence-electron chi connectivity index (χ2n) is 8.10. The molecule has 3 aromatic rings. The van der Waals surface area contributed by atoms with Gasteiger partial charge in [-0.1, -0.05) is 6.07 Å². The maximum absolute atomic E-state index is 12.8. The highest BCUT2D eigenvalue weighted by molar-refractivity contribution is 7.93. The number of fused-ring (bicyclic) bond motifs is 1. The Morgan fingerprint density at radius 3 is 2.57 bits per heavy atom. The van der Waals surface area contributed by atoms with Gasteiger partial charge in [-0.3, -0.25) is 10.1 Å². The number of hydrogen-bond acceptors (Lipinski definition) is 6. The average molecular weight is 401 g/mol. The number of nitrogens with zero attached hydrogens (tertiary/aromatic N) is 3. The lowest BCUT2D eigenvalue weighted by atomic mass is 9.92. The summed E-state index contributed by atoms with van der Waals surface area (Å²) in [6.45, 7) is 6.80. The molecular formula is C19H23N5O3S. The molecule has 9 heteroatoms. The van der Waals surface area contributed by atoms with Gasteiger partial charge in [0.05, 0.1) is 17.0 Å². The van der Waals surface area contributed by atoms with Gasteiger partial charge in [0.25, 0.3) is 0 Å². The fourth-order valence-electron chi connectivity index (χ4n) is 3.52. The predicted octanol–water partition coefficient (Wildman–Crippen LogP) is 2.53. The van der Waals surface area contributed by atoms with Crippen LogP contribution in [0.4, 0.5) is 0 Å². The van der Waals surface area contributed by atoms with Crippen LogP contribution in [0.3, 0.4) is 0 Å². The molecule has 1 unspecified atom stereocenters. The van der Waals surface area contributed by atoms with Crippen molar-refractivity contribution in [2.45, 2.75) is 38.0 Å². The summed E-state index contributed by atoms with van der Waals surface area (Å²) in [5.74, 6) is 0.339. The molecule has 2 aromatic heterocycles. The molecule has 1 aliphatic heterocycles. The lowest BCUT2D eigenvalue weighted by molar-refractivity contribution is 0.442. The van der Waals surface area contributed by atoms with Crippen molar-refractivity contribution in [3.05, 3.63) is 35.5 Å². The summed E-state index contributed by atoms with van der Waals surface area (Å²) < 4.78 is 32.0. The van der Waals surface area contributed by atoms with E-state index >= 15 is 0 Å². The van der Waals surface area contributed by atoms with Gasteiger partial charge in [0.1, 0.15) is 21.8 Å². The summed E-state index contributed by atoms with van der Waals surface area (Å²) in [5, 5.41) is 15.6. The minimum absolute atomic E-state index is 0.00929. The van der Waals surface area contributed by atoms with Crippen molar-refractivity contribution >= 4 is 26.8 Å². The Hall–Kier alpha value is -2.68. The van der Waals surface area contributed by atoms with Gasteiger partial charge in [0, 0.05) is 7.05 Å². The molecule has 3 heterocycles. The molecule has 0 spiro atoms. The molecule has 8 nitrogen and oxygen atoms in total. The number of aryl methyl sites for hydroxylation is 2. The fourth-order valence-corrected chi connectivity index (χ4v) is 5.24. The van der Waals surface area contributed by atoms with Crippen molar-refractivity contribution in [2.75, 3.05) is 5.75 Å². The molecule has 0 bridgehead atoms. The van der Waals surface area contributed by atoms with Crippen LogP contribution in [-0.2, 0) is 22.4 Å². The summed E-state index contributed by atoms with van der Waals surface area (Å²) in [4.78, 5) is 4.52. The summed E-state index contributed by atoms with van der Waals surface area (Å²) in [7, 11) is -1.68. The van der Waals surface area contributed by atoms with E-state index in [-0.39, 0.29) is 11.6 Å². The van der Waals surface area contributed by atoms with E-state index in [2.05, 4.69) is 15.4 Å². The van der Waals surface area contributed by atoms with Crippen molar-refractivity contribution < 1.29 is 12.8 Å². The number of nitrogens with one attached hydrogen (secondary N) is 2. The normalized spacial score (nSPS) is 23.7. The van der Waals surface area contributed by atoms with Gasteiger partial charge in [0.2, 0.25) is 5.89 Å². The maximum atomic E-state index is 12.8. The molecule has 4 rings (SSSR count). The van der Waals surface area contributed by atoms with Gasteiger partial charge in [0.15, 0.2) is 15.4 Å². The van der Waals surface area contributed by atoms with Crippen molar-refractivity contribution in [2.24, 2.45) is 7.05 Å². The number of oxazole rings is 1. The summed E-state index contributed by atoms with van der Waals surface area (Å²) >= 11 is 0. The number of aromatic nitrogens is 3. The van der Waals surface area contributed by atoms with E-state index in [1.807, 2.05) is 32.2 Å². The van der Waals surface area contributed by atoms with Crippen molar-refractivity contribution in [1.29, 1.82) is 5.41 Å². The molecule has 1 atom stereocenters. The van der Waals surface area contributed by atoms with Gasteiger partial charge >= 0.3 is 0 Å². The van der Waals surface area contributed by atoms with Crippen molar-refractivity contribution in [3.63, 3.8) is 0 Å². The lowest BCUT2D eigenvalue weighted by Gasteiger charge is -2.43. The molecule has 1 saturated heterocycles. The standard InChI is InChI=1S/C19H23N5O3S/c1-11-8-14(24(5)23-11)16-21-13-7-6-12(9-15(13)27-16)19(4)10-28(25,26)18(2,3)17(20)22-19/h6-9H,10H2,1-5H3,(H2,20,22). The van der Waals surface area contributed by atoms with Gasteiger partial charge in [-0.25, -0.2) is 13.4 Å². The van der Waals surface area contributed by atoms with Crippen molar-refractivity contribution in [3.8, 4) is 11.6 Å².